The van der Waals surface area contributed by atoms with Crippen LogP contribution >= 0.6 is 23.2 Å². The molecular formula is C17H20Cl2N4O2. The van der Waals surface area contributed by atoms with Crippen LogP contribution in [0.4, 0.5) is 0 Å². The van der Waals surface area contributed by atoms with Crippen molar-refractivity contribution in [2.24, 2.45) is 7.05 Å². The summed E-state index contributed by atoms with van der Waals surface area (Å²) in [4.78, 5) is 19.2. The van der Waals surface area contributed by atoms with E-state index in [-0.39, 0.29) is 11.9 Å². The normalized spacial score (nSPS) is 18.9. The number of aryl methyl sites for hydroxylation is 1. The van der Waals surface area contributed by atoms with Gasteiger partial charge in [0.05, 0.1) is 0 Å². The lowest BCUT2D eigenvalue weighted by atomic mass is 10.1. The van der Waals surface area contributed by atoms with E-state index in [9.17, 15) is 4.79 Å². The highest BCUT2D eigenvalue weighted by molar-refractivity contribution is 6.34. The molecule has 0 aliphatic carbocycles. The minimum atomic E-state index is -0.657. The number of imidazole rings is 1. The van der Waals surface area contributed by atoms with Gasteiger partial charge in [-0.2, -0.15) is 0 Å². The van der Waals surface area contributed by atoms with E-state index in [1.54, 1.807) is 31.3 Å². The van der Waals surface area contributed by atoms with Crippen molar-refractivity contribution < 1.29 is 9.53 Å². The fourth-order valence-electron chi connectivity index (χ4n) is 2.98. The molecule has 0 radical (unpaired) electrons. The van der Waals surface area contributed by atoms with Crippen molar-refractivity contribution in [3.63, 3.8) is 0 Å². The van der Waals surface area contributed by atoms with E-state index in [1.807, 2.05) is 22.7 Å². The molecular weight excluding hydrogens is 363 g/mol. The van der Waals surface area contributed by atoms with E-state index in [2.05, 4.69) is 10.3 Å². The van der Waals surface area contributed by atoms with Gasteiger partial charge in [-0.15, -0.1) is 0 Å². The van der Waals surface area contributed by atoms with Crippen LogP contribution in [0.15, 0.2) is 30.6 Å². The van der Waals surface area contributed by atoms with Gasteiger partial charge in [-0.1, -0.05) is 23.2 Å². The molecule has 1 aromatic heterocycles. The van der Waals surface area contributed by atoms with Crippen molar-refractivity contribution in [1.29, 1.82) is 0 Å². The number of aromatic nitrogens is 2. The van der Waals surface area contributed by atoms with E-state index >= 15 is 0 Å². The number of amides is 1. The molecule has 1 amide bonds. The van der Waals surface area contributed by atoms with E-state index in [0.29, 0.717) is 28.9 Å². The molecule has 0 bridgehead atoms. The summed E-state index contributed by atoms with van der Waals surface area (Å²) in [6, 6.07) is 4.78. The third-order valence-corrected chi connectivity index (χ3v) is 4.62. The number of halogens is 2. The van der Waals surface area contributed by atoms with Gasteiger partial charge in [0.1, 0.15) is 17.6 Å². The van der Waals surface area contributed by atoms with Crippen molar-refractivity contribution in [1.82, 2.24) is 19.8 Å². The summed E-state index contributed by atoms with van der Waals surface area (Å²) in [6.07, 6.45) is 2.96. The second kappa shape index (κ2) is 7.64. The van der Waals surface area contributed by atoms with E-state index in [4.69, 9.17) is 27.9 Å². The summed E-state index contributed by atoms with van der Waals surface area (Å²) in [7, 11) is 1.92. The Kier molecular flexibility index (Phi) is 5.51. The Morgan fingerprint density at radius 3 is 2.72 bits per heavy atom. The number of hydrogen-bond acceptors (Lipinski definition) is 4. The molecule has 134 valence electrons. The van der Waals surface area contributed by atoms with Crippen molar-refractivity contribution >= 4 is 29.1 Å². The third kappa shape index (κ3) is 4.08. The molecule has 1 aliphatic heterocycles. The first kappa shape index (κ1) is 18.0. The molecule has 1 fully saturated rings. The molecule has 2 heterocycles. The second-order valence-corrected chi connectivity index (χ2v) is 6.89. The quantitative estimate of drug-likeness (QED) is 0.882. The third-order valence-electron chi connectivity index (χ3n) is 4.18. The van der Waals surface area contributed by atoms with Crippen molar-refractivity contribution in [3.8, 4) is 5.75 Å². The second-order valence-electron chi connectivity index (χ2n) is 6.01. The zero-order valence-corrected chi connectivity index (χ0v) is 15.6. The van der Waals surface area contributed by atoms with Crippen molar-refractivity contribution in [3.05, 3.63) is 46.5 Å². The molecule has 0 spiro atoms. The van der Waals surface area contributed by atoms with Gasteiger partial charge < -0.3 is 19.5 Å². The maximum Gasteiger partial charge on any atom is 0.264 e. The largest absolute Gasteiger partial charge is 0.481 e. The van der Waals surface area contributed by atoms with Gasteiger partial charge in [-0.05, 0) is 25.1 Å². The first-order valence-corrected chi connectivity index (χ1v) is 8.82. The molecule has 0 saturated carbocycles. The summed E-state index contributed by atoms with van der Waals surface area (Å²) in [5, 5.41) is 4.25. The molecule has 1 N–H and O–H groups in total. The zero-order chi connectivity index (χ0) is 18.0. The van der Waals surface area contributed by atoms with Gasteiger partial charge in [0.25, 0.3) is 5.91 Å². The Morgan fingerprint density at radius 1 is 1.36 bits per heavy atom. The van der Waals surface area contributed by atoms with Crippen molar-refractivity contribution in [2.75, 3.05) is 19.6 Å². The van der Waals surface area contributed by atoms with E-state index < -0.39 is 6.10 Å². The number of carbonyl (C=O) groups excluding carboxylic acids is 1. The van der Waals surface area contributed by atoms with Crippen LogP contribution < -0.4 is 10.1 Å². The van der Waals surface area contributed by atoms with Crippen LogP contribution in [0.1, 0.15) is 18.8 Å². The summed E-state index contributed by atoms with van der Waals surface area (Å²) in [5.41, 5.74) is 0. The summed E-state index contributed by atoms with van der Waals surface area (Å²) >= 11 is 12.0. The van der Waals surface area contributed by atoms with Crippen LogP contribution in [-0.2, 0) is 11.8 Å². The fraction of sp³-hybridized carbons (Fsp3) is 0.412. The molecule has 6 nitrogen and oxygen atoms in total. The highest BCUT2D eigenvalue weighted by Gasteiger charge is 2.33. The Balaban J connectivity index is 1.76. The van der Waals surface area contributed by atoms with Gasteiger partial charge in [0, 0.05) is 49.1 Å². The van der Waals surface area contributed by atoms with Crippen molar-refractivity contribution in [2.45, 2.75) is 19.1 Å². The number of rotatable bonds is 4. The highest BCUT2D eigenvalue weighted by Crippen LogP contribution is 2.26. The number of carbonyl (C=O) groups is 1. The first-order valence-electron chi connectivity index (χ1n) is 8.07. The maximum atomic E-state index is 13.0. The predicted molar refractivity (Wildman–Crippen MR) is 97.1 cm³/mol. The van der Waals surface area contributed by atoms with E-state index in [0.717, 1.165) is 12.4 Å². The lowest BCUT2D eigenvalue weighted by Gasteiger charge is -2.37. The minimum Gasteiger partial charge on any atom is -0.481 e. The maximum absolute atomic E-state index is 13.0. The van der Waals surface area contributed by atoms with Crippen LogP contribution in [0, 0.1) is 0 Å². The average Bonchev–Trinajstić information content (AvgIpc) is 2.99. The Bertz CT molecular complexity index is 745. The molecule has 1 aromatic carbocycles. The average molecular weight is 383 g/mol. The smallest absolute Gasteiger partial charge is 0.264 e. The zero-order valence-electron chi connectivity index (χ0n) is 14.1. The Hall–Kier alpha value is -1.76. The molecule has 3 rings (SSSR count). The monoisotopic (exact) mass is 382 g/mol. The summed E-state index contributed by atoms with van der Waals surface area (Å²) in [6.45, 7) is 3.73. The van der Waals surface area contributed by atoms with Gasteiger partial charge >= 0.3 is 0 Å². The van der Waals surface area contributed by atoms with Gasteiger partial charge in [0.15, 0.2) is 6.10 Å². The van der Waals surface area contributed by atoms with Crippen LogP contribution in [-0.4, -0.2) is 46.1 Å². The number of nitrogens with one attached hydrogen (secondary N) is 1. The topological polar surface area (TPSA) is 59.4 Å². The molecule has 1 aliphatic rings. The van der Waals surface area contributed by atoms with Crippen LogP contribution in [0.2, 0.25) is 10.0 Å². The molecule has 25 heavy (non-hydrogen) atoms. The first-order chi connectivity index (χ1) is 12.0. The van der Waals surface area contributed by atoms with Crippen LogP contribution in [0.3, 0.4) is 0 Å². The molecule has 2 aromatic rings. The lowest BCUT2D eigenvalue weighted by Crippen LogP contribution is -2.52. The molecule has 2 unspecified atom stereocenters. The number of hydrogen-bond donors (Lipinski definition) is 1. The minimum absolute atomic E-state index is 0.0920. The number of piperazine rings is 1. The standard InChI is InChI=1S/C17H20Cl2N4O2/c1-11(25-14-8-12(18)7-13(19)9-14)17(24)23-6-3-20-10-15(23)16-21-4-5-22(16)2/h4-5,7-9,11,15,20H,3,6,10H2,1-2H3. The summed E-state index contributed by atoms with van der Waals surface area (Å²) < 4.78 is 7.71. The Morgan fingerprint density at radius 2 is 2.08 bits per heavy atom. The number of benzene rings is 1. The number of ether oxygens (including phenoxy) is 1. The van der Waals surface area contributed by atoms with Crippen LogP contribution in [0.25, 0.3) is 0 Å². The van der Waals surface area contributed by atoms with Crippen LogP contribution in [0.5, 0.6) is 5.75 Å². The predicted octanol–water partition coefficient (Wildman–Crippen LogP) is 2.67. The molecule has 1 saturated heterocycles. The van der Waals surface area contributed by atoms with Gasteiger partial charge in [-0.25, -0.2) is 4.98 Å². The van der Waals surface area contributed by atoms with Gasteiger partial charge in [-0.3, -0.25) is 4.79 Å². The Labute approximate surface area is 156 Å². The summed E-state index contributed by atoms with van der Waals surface area (Å²) in [5.74, 6) is 1.23. The fourth-order valence-corrected chi connectivity index (χ4v) is 3.49. The lowest BCUT2D eigenvalue weighted by molar-refractivity contribution is -0.141. The molecule has 8 heteroatoms. The number of nitrogens with zero attached hydrogens (tertiary/aromatic N) is 3. The van der Waals surface area contributed by atoms with E-state index in [1.165, 1.54) is 0 Å². The van der Waals surface area contributed by atoms with Gasteiger partial charge in [0.2, 0.25) is 0 Å². The molecule has 2 atom stereocenters. The highest BCUT2D eigenvalue weighted by atomic mass is 35.5. The SMILES string of the molecule is CC(Oc1cc(Cl)cc(Cl)c1)C(=O)N1CCNCC1c1nccn1C.